The zero-order chi connectivity index (χ0) is 17.2. The van der Waals surface area contributed by atoms with Gasteiger partial charge < -0.3 is 10.1 Å². The third-order valence-corrected chi connectivity index (χ3v) is 5.87. The number of hydrogen-bond donors (Lipinski definition) is 3. The van der Waals surface area contributed by atoms with Crippen LogP contribution in [0.5, 0.6) is 5.75 Å². The monoisotopic (exact) mass is 349 g/mol. The van der Waals surface area contributed by atoms with E-state index in [1.807, 2.05) is 55.6 Å². The molecular weight excluding hydrogens is 326 g/mol. The number of ether oxygens (including phenoxy) is 1. The second-order valence-electron chi connectivity index (χ2n) is 5.53. The fraction of sp³-hybridized carbons (Fsp3) is 0.294. The molecule has 0 radical (unpaired) electrons. The summed E-state index contributed by atoms with van der Waals surface area (Å²) in [5.41, 5.74) is 2.36. The summed E-state index contributed by atoms with van der Waals surface area (Å²) >= 11 is 0. The minimum Gasteiger partial charge on any atom is -0.497 e. The molecule has 1 aliphatic heterocycles. The molecule has 2 aromatic carbocycles. The molecule has 0 fully saturated rings. The smallest absolute Gasteiger partial charge is 0.119 e. The first-order valence-corrected chi connectivity index (χ1v) is 9.29. The molecule has 7 heteroatoms. The van der Waals surface area contributed by atoms with Crippen molar-refractivity contribution in [2.45, 2.75) is 6.42 Å². The van der Waals surface area contributed by atoms with E-state index in [0.29, 0.717) is 6.54 Å². The molecule has 24 heavy (non-hydrogen) atoms. The van der Waals surface area contributed by atoms with E-state index < -0.39 is 11.0 Å². The first-order valence-electron chi connectivity index (χ1n) is 7.83. The SMILES string of the molecule is CNCCCN1c2ccccc2N(c2ccc(OC)cc2)S1(O)O. The summed E-state index contributed by atoms with van der Waals surface area (Å²) in [6.07, 6.45) is 0.817. The number of anilines is 3. The number of nitrogens with zero attached hydrogens (tertiary/aromatic N) is 2. The number of benzene rings is 2. The van der Waals surface area contributed by atoms with Crippen LogP contribution in [0.4, 0.5) is 17.1 Å². The second-order valence-corrected chi connectivity index (χ2v) is 7.32. The Hall–Kier alpha value is -1.93. The molecule has 2 aromatic rings. The lowest BCUT2D eigenvalue weighted by atomic mass is 10.2. The van der Waals surface area contributed by atoms with E-state index in [2.05, 4.69) is 5.32 Å². The highest BCUT2D eigenvalue weighted by Crippen LogP contribution is 2.64. The minimum absolute atomic E-state index is 0.562. The van der Waals surface area contributed by atoms with E-state index >= 15 is 0 Å². The number of rotatable bonds is 6. The van der Waals surface area contributed by atoms with Gasteiger partial charge >= 0.3 is 0 Å². The van der Waals surface area contributed by atoms with Gasteiger partial charge in [-0.2, -0.15) is 0 Å². The van der Waals surface area contributed by atoms with Crippen LogP contribution in [0.15, 0.2) is 48.5 Å². The summed E-state index contributed by atoms with van der Waals surface area (Å²) < 4.78 is 30.4. The number of para-hydroxylation sites is 2. The molecule has 130 valence electrons. The summed E-state index contributed by atoms with van der Waals surface area (Å²) in [4.78, 5) is 0. The molecule has 3 N–H and O–H groups in total. The van der Waals surface area contributed by atoms with Gasteiger partial charge in [0, 0.05) is 6.54 Å². The Kier molecular flexibility index (Phi) is 4.86. The van der Waals surface area contributed by atoms with Crippen LogP contribution in [-0.4, -0.2) is 36.4 Å². The summed E-state index contributed by atoms with van der Waals surface area (Å²) in [6, 6.07) is 15.0. The lowest BCUT2D eigenvalue weighted by Gasteiger charge is -2.43. The highest BCUT2D eigenvalue weighted by atomic mass is 32.3. The number of fused-ring (bicyclic) bond motifs is 1. The van der Waals surface area contributed by atoms with Crippen LogP contribution < -0.4 is 18.7 Å². The van der Waals surface area contributed by atoms with Gasteiger partial charge in [-0.25, -0.2) is 4.31 Å². The van der Waals surface area contributed by atoms with Crippen molar-refractivity contribution in [2.24, 2.45) is 0 Å². The number of hydrogen-bond acceptors (Lipinski definition) is 6. The fourth-order valence-corrected chi connectivity index (χ4v) is 4.66. The van der Waals surface area contributed by atoms with Crippen LogP contribution in [0.2, 0.25) is 0 Å². The van der Waals surface area contributed by atoms with Crippen molar-refractivity contribution >= 4 is 28.0 Å². The molecule has 0 aliphatic carbocycles. The molecule has 0 unspecified atom stereocenters. The maximum atomic E-state index is 11.0. The van der Waals surface area contributed by atoms with Crippen molar-refractivity contribution < 1.29 is 13.8 Å². The van der Waals surface area contributed by atoms with E-state index in [-0.39, 0.29) is 0 Å². The van der Waals surface area contributed by atoms with Gasteiger partial charge in [0.15, 0.2) is 0 Å². The molecule has 0 spiro atoms. The molecule has 0 saturated heterocycles. The zero-order valence-corrected chi connectivity index (χ0v) is 14.7. The maximum absolute atomic E-state index is 11.0. The van der Waals surface area contributed by atoms with Crippen molar-refractivity contribution in [3.63, 3.8) is 0 Å². The molecular formula is C17H23N3O3S. The topological polar surface area (TPSA) is 68.2 Å². The third kappa shape index (κ3) is 2.91. The van der Waals surface area contributed by atoms with Crippen molar-refractivity contribution in [2.75, 3.05) is 35.9 Å². The lowest BCUT2D eigenvalue weighted by molar-refractivity contribution is 0.415. The first kappa shape index (κ1) is 16.9. The molecule has 0 atom stereocenters. The van der Waals surface area contributed by atoms with E-state index in [9.17, 15) is 9.11 Å². The predicted octanol–water partition coefficient (Wildman–Crippen LogP) is 3.84. The normalized spacial score (nSPS) is 16.8. The van der Waals surface area contributed by atoms with Gasteiger partial charge in [-0.3, -0.25) is 13.4 Å². The molecule has 3 rings (SSSR count). The van der Waals surface area contributed by atoms with E-state index in [1.165, 1.54) is 0 Å². The third-order valence-electron chi connectivity index (χ3n) is 4.00. The molecule has 1 heterocycles. The zero-order valence-electron chi connectivity index (χ0n) is 13.8. The highest BCUT2D eigenvalue weighted by Gasteiger charge is 2.41. The molecule has 0 amide bonds. The van der Waals surface area contributed by atoms with Crippen molar-refractivity contribution in [3.8, 4) is 5.75 Å². The summed E-state index contributed by atoms with van der Waals surface area (Å²) in [5.74, 6) is 0.730. The van der Waals surface area contributed by atoms with Gasteiger partial charge in [-0.05, 0) is 67.4 Å². The minimum atomic E-state index is -3.14. The Morgan fingerprint density at radius 3 is 2.33 bits per heavy atom. The van der Waals surface area contributed by atoms with Crippen molar-refractivity contribution in [1.82, 2.24) is 5.32 Å². The van der Waals surface area contributed by atoms with Gasteiger partial charge in [0.05, 0.1) is 24.2 Å². The Balaban J connectivity index is 1.99. The van der Waals surface area contributed by atoms with E-state index in [0.717, 1.165) is 35.8 Å². The number of methoxy groups -OCH3 is 1. The largest absolute Gasteiger partial charge is 0.497 e. The molecule has 0 aromatic heterocycles. The molecule has 0 saturated carbocycles. The molecule has 0 bridgehead atoms. The molecule has 6 nitrogen and oxygen atoms in total. The lowest BCUT2D eigenvalue weighted by Crippen LogP contribution is -2.32. The van der Waals surface area contributed by atoms with Crippen LogP contribution in [-0.2, 0) is 0 Å². The van der Waals surface area contributed by atoms with Crippen LogP contribution in [0.1, 0.15) is 6.42 Å². The Labute approximate surface area is 144 Å². The number of nitrogens with one attached hydrogen (secondary N) is 1. The Morgan fingerprint density at radius 1 is 1.04 bits per heavy atom. The van der Waals surface area contributed by atoms with Gasteiger partial charge in [0.2, 0.25) is 0 Å². The summed E-state index contributed by atoms with van der Waals surface area (Å²) in [7, 11) is 0.355. The predicted molar refractivity (Wildman–Crippen MR) is 100 cm³/mol. The van der Waals surface area contributed by atoms with Crippen LogP contribution in [0, 0.1) is 0 Å². The first-order chi connectivity index (χ1) is 11.6. The van der Waals surface area contributed by atoms with Crippen LogP contribution in [0.25, 0.3) is 0 Å². The van der Waals surface area contributed by atoms with E-state index in [4.69, 9.17) is 4.74 Å². The van der Waals surface area contributed by atoms with E-state index in [1.54, 1.807) is 15.7 Å². The van der Waals surface area contributed by atoms with Crippen molar-refractivity contribution in [3.05, 3.63) is 48.5 Å². The van der Waals surface area contributed by atoms with Gasteiger partial charge in [-0.1, -0.05) is 12.1 Å². The van der Waals surface area contributed by atoms with Gasteiger partial charge in [0.1, 0.15) is 5.75 Å². The second kappa shape index (κ2) is 6.90. The fourth-order valence-electron chi connectivity index (χ4n) is 2.85. The molecule has 1 aliphatic rings. The Morgan fingerprint density at radius 2 is 1.71 bits per heavy atom. The standard InChI is InChI=1S/C17H23N3O3S/c1-18-12-5-13-19-16-6-3-4-7-17(16)20(24(19,21)22)14-8-10-15(23-2)11-9-14/h3-4,6-11,18,21-22H,5,12-13H2,1-2H3. The Bertz CT molecular complexity index is 694. The summed E-state index contributed by atoms with van der Waals surface area (Å²) in [6.45, 7) is 1.38. The maximum Gasteiger partial charge on any atom is 0.119 e. The highest BCUT2D eigenvalue weighted by molar-refractivity contribution is 8.27. The summed E-state index contributed by atoms with van der Waals surface area (Å²) in [5, 5.41) is 3.09. The quantitative estimate of drug-likeness (QED) is 0.689. The van der Waals surface area contributed by atoms with Crippen LogP contribution >= 0.6 is 11.0 Å². The van der Waals surface area contributed by atoms with Crippen molar-refractivity contribution in [1.29, 1.82) is 0 Å². The van der Waals surface area contributed by atoms with Gasteiger partial charge in [0.25, 0.3) is 0 Å². The van der Waals surface area contributed by atoms with Crippen LogP contribution in [0.3, 0.4) is 0 Å². The van der Waals surface area contributed by atoms with Gasteiger partial charge in [-0.15, -0.1) is 0 Å². The average molecular weight is 349 g/mol. The average Bonchev–Trinajstić information content (AvgIpc) is 2.82.